The molecule has 0 radical (unpaired) electrons. The zero-order chi connectivity index (χ0) is 18.8. The van der Waals surface area contributed by atoms with Gasteiger partial charge in [0.15, 0.2) is 9.28 Å². The fourth-order valence-electron chi connectivity index (χ4n) is 2.07. The van der Waals surface area contributed by atoms with E-state index >= 15 is 0 Å². The average Bonchev–Trinajstić information content (AvgIpc) is 2.61. The minimum Gasteiger partial charge on any atom is -0.421 e. The van der Waals surface area contributed by atoms with Gasteiger partial charge in [-0.15, -0.1) is 0 Å². The summed E-state index contributed by atoms with van der Waals surface area (Å²) < 4.78 is 10.8. The molecule has 0 bridgehead atoms. The molecule has 0 aliphatic rings. The number of rotatable bonds is 2. The smallest absolute Gasteiger partial charge is 0.229 e. The molecule has 3 rings (SSSR count). The van der Waals surface area contributed by atoms with Crippen LogP contribution in [0.3, 0.4) is 0 Å². The van der Waals surface area contributed by atoms with E-state index in [0.717, 1.165) is 0 Å². The van der Waals surface area contributed by atoms with Crippen molar-refractivity contribution in [2.75, 3.05) is 11.5 Å². The molecule has 0 amide bonds. The Hall–Kier alpha value is -3.60. The molecule has 3 aromatic rings. The van der Waals surface area contributed by atoms with E-state index in [0.29, 0.717) is 11.1 Å². The molecule has 0 aliphatic heterocycles. The number of anilines is 2. The van der Waals surface area contributed by atoms with Gasteiger partial charge in [0.25, 0.3) is 0 Å². The minimum absolute atomic E-state index is 0.0226. The normalized spacial score (nSPS) is 10.1. The second-order valence-electron chi connectivity index (χ2n) is 4.93. The lowest BCUT2D eigenvalue weighted by molar-refractivity contribution is 0.561. The van der Waals surface area contributed by atoms with Gasteiger partial charge in [0.05, 0.1) is 0 Å². The van der Waals surface area contributed by atoms with Gasteiger partial charge in [0, 0.05) is 11.1 Å². The summed E-state index contributed by atoms with van der Waals surface area (Å²) in [6.45, 7) is 0. The maximum absolute atomic E-state index is 8.95. The molecule has 4 N–H and O–H groups in total. The van der Waals surface area contributed by atoms with Crippen molar-refractivity contribution in [3.05, 3.63) is 44.7 Å². The van der Waals surface area contributed by atoms with E-state index in [1.54, 1.807) is 24.3 Å². The fraction of sp³-hybridized carbons (Fsp3) is 0. The van der Waals surface area contributed by atoms with Crippen molar-refractivity contribution in [1.82, 2.24) is 9.97 Å². The first-order valence-corrected chi connectivity index (χ1v) is 7.78. The summed E-state index contributed by atoms with van der Waals surface area (Å²) in [6.07, 6.45) is 0. The molecule has 0 atom stereocenters. The first-order chi connectivity index (χ1) is 12.4. The third-order valence-corrected chi connectivity index (χ3v) is 3.93. The van der Waals surface area contributed by atoms with E-state index in [-0.39, 0.29) is 44.0 Å². The SMILES string of the molecule is N#Cc1c(N)oc(-c2ccc(-c3nc(=S)c(C#N)c(N)o3)cc2)nc1=S. The summed E-state index contributed by atoms with van der Waals surface area (Å²) in [5, 5.41) is 17.9. The second kappa shape index (κ2) is 6.72. The van der Waals surface area contributed by atoms with E-state index < -0.39 is 0 Å². The van der Waals surface area contributed by atoms with Crippen molar-refractivity contribution < 1.29 is 8.83 Å². The lowest BCUT2D eigenvalue weighted by Gasteiger charge is -2.05. The highest BCUT2D eigenvalue weighted by Gasteiger charge is 2.13. The van der Waals surface area contributed by atoms with Crippen LogP contribution in [0.25, 0.3) is 22.9 Å². The number of benzene rings is 1. The lowest BCUT2D eigenvalue weighted by atomic mass is 10.1. The Labute approximate surface area is 157 Å². The molecule has 126 valence electrons. The van der Waals surface area contributed by atoms with Crippen LogP contribution >= 0.6 is 24.4 Å². The van der Waals surface area contributed by atoms with Crippen molar-refractivity contribution >= 4 is 36.2 Å². The van der Waals surface area contributed by atoms with E-state index in [4.69, 9.17) is 55.3 Å². The summed E-state index contributed by atoms with van der Waals surface area (Å²) in [5.74, 6) is 0.148. The molecule has 1 aromatic carbocycles. The van der Waals surface area contributed by atoms with Gasteiger partial charge in [0.1, 0.15) is 23.3 Å². The van der Waals surface area contributed by atoms with Gasteiger partial charge in [-0.3, -0.25) is 0 Å². The molecular formula is C16H8N6O2S2. The summed E-state index contributed by atoms with van der Waals surface area (Å²) in [6, 6.07) is 10.4. The van der Waals surface area contributed by atoms with Crippen molar-refractivity contribution in [2.24, 2.45) is 0 Å². The largest absolute Gasteiger partial charge is 0.421 e. The Balaban J connectivity index is 2.03. The third kappa shape index (κ3) is 3.02. The van der Waals surface area contributed by atoms with Crippen LogP contribution in [0, 0.1) is 31.9 Å². The zero-order valence-corrected chi connectivity index (χ0v) is 14.5. The summed E-state index contributed by atoms with van der Waals surface area (Å²) in [5.41, 5.74) is 12.6. The average molecular weight is 380 g/mol. The molecule has 0 saturated carbocycles. The van der Waals surface area contributed by atoms with Crippen molar-refractivity contribution in [3.8, 4) is 35.0 Å². The first-order valence-electron chi connectivity index (χ1n) is 6.97. The molecule has 0 unspecified atom stereocenters. The van der Waals surface area contributed by atoms with Crippen LogP contribution in [0.4, 0.5) is 11.8 Å². The Kier molecular flexibility index (Phi) is 4.45. The van der Waals surface area contributed by atoms with Gasteiger partial charge in [-0.1, -0.05) is 24.4 Å². The predicted molar refractivity (Wildman–Crippen MR) is 97.4 cm³/mol. The maximum Gasteiger partial charge on any atom is 0.229 e. The number of nitriles is 2. The first kappa shape index (κ1) is 17.2. The second-order valence-corrected chi connectivity index (χ2v) is 5.70. The highest BCUT2D eigenvalue weighted by Crippen LogP contribution is 2.27. The van der Waals surface area contributed by atoms with Crippen LogP contribution in [0.1, 0.15) is 11.1 Å². The van der Waals surface area contributed by atoms with Gasteiger partial charge in [-0.2, -0.15) is 20.5 Å². The molecule has 0 aliphatic carbocycles. The van der Waals surface area contributed by atoms with Crippen LogP contribution < -0.4 is 11.5 Å². The Morgan fingerprint density at radius 2 is 1.12 bits per heavy atom. The van der Waals surface area contributed by atoms with Crippen molar-refractivity contribution in [3.63, 3.8) is 0 Å². The van der Waals surface area contributed by atoms with Crippen LogP contribution in [-0.4, -0.2) is 9.97 Å². The van der Waals surface area contributed by atoms with Gasteiger partial charge in [-0.05, 0) is 24.3 Å². The molecule has 2 heterocycles. The summed E-state index contributed by atoms with van der Waals surface area (Å²) in [7, 11) is 0. The topological polar surface area (TPSA) is 152 Å². The van der Waals surface area contributed by atoms with Crippen LogP contribution in [0.5, 0.6) is 0 Å². The molecule has 26 heavy (non-hydrogen) atoms. The number of aromatic nitrogens is 2. The molecule has 0 fully saturated rings. The maximum atomic E-state index is 8.95. The number of nitrogens with two attached hydrogens (primary N) is 2. The third-order valence-electron chi connectivity index (χ3n) is 3.34. The van der Waals surface area contributed by atoms with Crippen LogP contribution in [-0.2, 0) is 0 Å². The van der Waals surface area contributed by atoms with Crippen molar-refractivity contribution in [1.29, 1.82) is 10.5 Å². The quantitative estimate of drug-likeness (QED) is 0.633. The van der Waals surface area contributed by atoms with E-state index in [2.05, 4.69) is 9.97 Å². The number of nitrogens with zero attached hydrogens (tertiary/aromatic N) is 4. The Morgan fingerprint density at radius 3 is 1.38 bits per heavy atom. The predicted octanol–water partition coefficient (Wildman–Crippen LogP) is 3.36. The lowest BCUT2D eigenvalue weighted by Crippen LogP contribution is -1.97. The molecule has 10 heteroatoms. The molecule has 2 aromatic heterocycles. The van der Waals surface area contributed by atoms with Crippen molar-refractivity contribution in [2.45, 2.75) is 0 Å². The molecule has 0 spiro atoms. The van der Waals surface area contributed by atoms with Crippen LogP contribution in [0.15, 0.2) is 33.1 Å². The fourth-order valence-corrected chi connectivity index (χ4v) is 2.53. The zero-order valence-electron chi connectivity index (χ0n) is 12.9. The number of hydrogen-bond donors (Lipinski definition) is 2. The van der Waals surface area contributed by atoms with E-state index in [9.17, 15) is 0 Å². The van der Waals surface area contributed by atoms with E-state index in [1.165, 1.54) is 0 Å². The highest BCUT2D eigenvalue weighted by molar-refractivity contribution is 7.71. The Morgan fingerprint density at radius 1 is 0.769 bits per heavy atom. The van der Waals surface area contributed by atoms with Gasteiger partial charge in [0.2, 0.25) is 23.5 Å². The minimum atomic E-state index is -0.0983. The number of hydrogen-bond acceptors (Lipinski definition) is 10. The Bertz CT molecular complexity index is 1120. The summed E-state index contributed by atoms with van der Waals surface area (Å²) >= 11 is 10.1. The monoisotopic (exact) mass is 380 g/mol. The van der Waals surface area contributed by atoms with Gasteiger partial charge >= 0.3 is 0 Å². The highest BCUT2D eigenvalue weighted by atomic mass is 32.1. The molecule has 0 saturated heterocycles. The van der Waals surface area contributed by atoms with E-state index in [1.807, 2.05) is 12.1 Å². The van der Waals surface area contributed by atoms with Crippen LogP contribution in [0.2, 0.25) is 0 Å². The molecular weight excluding hydrogens is 372 g/mol. The standard InChI is InChI=1S/C16H8N6O2S2/c17-5-9-11(19)23-13(21-15(9)25)7-1-2-8(4-3-7)14-22-16(26)10(6-18)12(20)24-14/h1-4H,19-20H2. The molecule has 8 nitrogen and oxygen atoms in total. The number of nitrogen functional groups attached to an aromatic ring is 2. The summed E-state index contributed by atoms with van der Waals surface area (Å²) in [4.78, 5) is 8.12. The van der Waals surface area contributed by atoms with Gasteiger partial charge < -0.3 is 20.3 Å². The van der Waals surface area contributed by atoms with Gasteiger partial charge in [-0.25, -0.2) is 0 Å².